The lowest BCUT2D eigenvalue weighted by Crippen LogP contribution is -2.42. The number of amides is 1. The Balaban J connectivity index is 1.61. The molecule has 0 radical (unpaired) electrons. The molecule has 0 saturated carbocycles. The maximum Gasteiger partial charge on any atom is 0.221 e. The minimum absolute atomic E-state index is 0.0484. The van der Waals surface area contributed by atoms with E-state index in [9.17, 15) is 4.79 Å². The molecule has 7 heteroatoms. The molecule has 2 atom stereocenters. The molecule has 2 aliphatic heterocycles. The average molecular weight is 498 g/mol. The van der Waals surface area contributed by atoms with Gasteiger partial charge in [-0.3, -0.25) is 9.78 Å². The average Bonchev–Trinajstić information content (AvgIpc) is 3.20. The lowest BCUT2D eigenvalue weighted by atomic mass is 9.86. The summed E-state index contributed by atoms with van der Waals surface area (Å²) in [5, 5.41) is 7.01. The summed E-state index contributed by atoms with van der Waals surface area (Å²) in [6.07, 6.45) is 4.14. The maximum absolute atomic E-state index is 11.5. The number of allylic oxidation sites excluding steroid dienone is 1. The van der Waals surface area contributed by atoms with Crippen LogP contribution in [-0.2, 0) is 4.79 Å². The molecule has 5 rings (SSSR count). The molecule has 2 aliphatic rings. The Morgan fingerprint density at radius 2 is 1.86 bits per heavy atom. The van der Waals surface area contributed by atoms with Crippen molar-refractivity contribution >= 4 is 45.9 Å². The van der Waals surface area contributed by atoms with Gasteiger partial charge in [-0.2, -0.15) is 0 Å². The van der Waals surface area contributed by atoms with Crippen LogP contribution in [0.5, 0.6) is 0 Å². The third-order valence-corrected chi connectivity index (χ3v) is 7.46. The molecular weight excluding hydrogens is 466 g/mol. The number of pyridine rings is 1. The first-order valence-electron chi connectivity index (χ1n) is 12.1. The van der Waals surface area contributed by atoms with Gasteiger partial charge in [0.15, 0.2) is 5.11 Å². The number of hydrogen-bond acceptors (Lipinski definition) is 4. The van der Waals surface area contributed by atoms with E-state index < -0.39 is 0 Å². The van der Waals surface area contributed by atoms with Gasteiger partial charge in [0, 0.05) is 42.8 Å². The highest BCUT2D eigenvalue weighted by atomic mass is 32.1. The number of hydrogen-bond donors (Lipinski definition) is 2. The van der Waals surface area contributed by atoms with Crippen LogP contribution in [0.3, 0.4) is 0 Å². The maximum atomic E-state index is 11.5. The van der Waals surface area contributed by atoms with Crippen molar-refractivity contribution in [2.24, 2.45) is 0 Å². The van der Waals surface area contributed by atoms with Crippen LogP contribution in [0.2, 0.25) is 0 Å². The molecule has 184 valence electrons. The van der Waals surface area contributed by atoms with Crippen molar-refractivity contribution in [2.45, 2.75) is 45.3 Å². The molecule has 36 heavy (non-hydrogen) atoms. The van der Waals surface area contributed by atoms with Crippen LogP contribution in [0, 0.1) is 0 Å². The highest BCUT2D eigenvalue weighted by molar-refractivity contribution is 7.80. The van der Waals surface area contributed by atoms with E-state index in [4.69, 9.17) is 12.2 Å². The molecule has 2 N–H and O–H groups in total. The van der Waals surface area contributed by atoms with Crippen molar-refractivity contribution in [1.82, 2.24) is 10.3 Å². The molecule has 1 amide bonds. The number of nitrogens with one attached hydrogen (secondary N) is 2. The minimum atomic E-state index is -0.117. The van der Waals surface area contributed by atoms with E-state index in [0.29, 0.717) is 5.11 Å². The van der Waals surface area contributed by atoms with Gasteiger partial charge in [-0.25, -0.2) is 0 Å². The number of thiocarbonyl (C=S) groups is 1. The van der Waals surface area contributed by atoms with Gasteiger partial charge in [-0.15, -0.1) is 0 Å². The first-order valence-corrected chi connectivity index (χ1v) is 12.5. The zero-order valence-electron chi connectivity index (χ0n) is 21.2. The number of fused-ring (bicyclic) bond motifs is 1. The van der Waals surface area contributed by atoms with Crippen molar-refractivity contribution in [3.05, 3.63) is 89.8 Å². The van der Waals surface area contributed by atoms with Crippen LogP contribution in [-0.4, -0.2) is 28.6 Å². The Kier molecular flexibility index (Phi) is 6.04. The standard InChI is InChI=1S/C29H31N5OS/c1-18-17-29(3,4)33(5)25-14-9-20(16-23(18)25)27-26(24-8-6-7-15-30-24)32-28(36)34(27)22-12-10-21(11-13-22)31-19(2)35/h6-17,26-27H,1-5H3,(H,31,35)(H,32,36)/t26-,27+/m0/s1. The quantitative estimate of drug-likeness (QED) is 0.441. The number of rotatable bonds is 4. The molecule has 1 saturated heterocycles. The van der Waals surface area contributed by atoms with Crippen molar-refractivity contribution in [3.63, 3.8) is 0 Å². The van der Waals surface area contributed by atoms with Crippen LogP contribution >= 0.6 is 12.2 Å². The summed E-state index contributed by atoms with van der Waals surface area (Å²) < 4.78 is 0. The summed E-state index contributed by atoms with van der Waals surface area (Å²) in [7, 11) is 2.15. The van der Waals surface area contributed by atoms with Gasteiger partial charge >= 0.3 is 0 Å². The molecule has 0 unspecified atom stereocenters. The molecule has 0 spiro atoms. The second-order valence-corrected chi connectivity index (χ2v) is 10.4. The monoisotopic (exact) mass is 497 g/mol. The zero-order valence-corrected chi connectivity index (χ0v) is 22.1. The van der Waals surface area contributed by atoms with Gasteiger partial charge in [0.1, 0.15) is 0 Å². The van der Waals surface area contributed by atoms with E-state index in [1.165, 1.54) is 23.7 Å². The second-order valence-electron chi connectivity index (χ2n) is 10.0. The first kappa shape index (κ1) is 24.0. The Labute approximate surface area is 218 Å². The Bertz CT molecular complexity index is 1350. The molecule has 1 fully saturated rings. The predicted octanol–water partition coefficient (Wildman–Crippen LogP) is 5.85. The summed E-state index contributed by atoms with van der Waals surface area (Å²) >= 11 is 5.87. The van der Waals surface area contributed by atoms with E-state index in [-0.39, 0.29) is 23.5 Å². The normalized spacial score (nSPS) is 20.5. The number of anilines is 3. The minimum Gasteiger partial charge on any atom is -0.366 e. The number of aromatic nitrogens is 1. The van der Waals surface area contributed by atoms with E-state index in [1.807, 2.05) is 48.7 Å². The van der Waals surface area contributed by atoms with Crippen LogP contribution in [0.25, 0.3) is 5.57 Å². The van der Waals surface area contributed by atoms with Gasteiger partial charge in [-0.05, 0) is 92.7 Å². The third kappa shape index (κ3) is 4.24. The molecule has 1 aromatic heterocycles. The van der Waals surface area contributed by atoms with Gasteiger partial charge in [0.2, 0.25) is 5.91 Å². The molecule has 0 aliphatic carbocycles. The Morgan fingerprint density at radius 1 is 1.11 bits per heavy atom. The zero-order chi connectivity index (χ0) is 25.6. The highest BCUT2D eigenvalue weighted by Gasteiger charge is 2.41. The predicted molar refractivity (Wildman–Crippen MR) is 151 cm³/mol. The lowest BCUT2D eigenvalue weighted by Gasteiger charge is -2.41. The number of likely N-dealkylation sites (N-methyl/N-ethyl adjacent to an activating group) is 1. The van der Waals surface area contributed by atoms with Gasteiger partial charge in [0.25, 0.3) is 0 Å². The van der Waals surface area contributed by atoms with Gasteiger partial charge in [-0.1, -0.05) is 18.2 Å². The van der Waals surface area contributed by atoms with Crippen molar-refractivity contribution < 1.29 is 4.79 Å². The molecule has 6 nitrogen and oxygen atoms in total. The Morgan fingerprint density at radius 3 is 2.53 bits per heavy atom. The fraction of sp³-hybridized carbons (Fsp3) is 0.276. The highest BCUT2D eigenvalue weighted by Crippen LogP contribution is 2.45. The van der Waals surface area contributed by atoms with Gasteiger partial charge in [0.05, 0.1) is 23.3 Å². The summed E-state index contributed by atoms with van der Waals surface area (Å²) in [5.74, 6) is -0.0974. The summed E-state index contributed by atoms with van der Waals surface area (Å²) in [4.78, 5) is 20.6. The van der Waals surface area contributed by atoms with E-state index >= 15 is 0 Å². The van der Waals surface area contributed by atoms with Crippen LogP contribution in [0.4, 0.5) is 17.1 Å². The molecule has 3 aromatic rings. The smallest absolute Gasteiger partial charge is 0.221 e. The first-order chi connectivity index (χ1) is 17.2. The number of carbonyl (C=O) groups is 1. The third-order valence-electron chi connectivity index (χ3n) is 7.15. The van der Waals surface area contributed by atoms with E-state index in [0.717, 1.165) is 22.6 Å². The summed E-state index contributed by atoms with van der Waals surface area (Å²) in [6.45, 7) is 8.15. The second kappa shape index (κ2) is 9.06. The number of benzene rings is 2. The molecular formula is C29H31N5OS. The van der Waals surface area contributed by atoms with Crippen LogP contribution < -0.4 is 20.4 Å². The van der Waals surface area contributed by atoms with Crippen LogP contribution in [0.15, 0.2) is 72.9 Å². The van der Waals surface area contributed by atoms with E-state index in [2.05, 4.69) is 77.5 Å². The molecule has 3 heterocycles. The number of nitrogens with zero attached hydrogens (tertiary/aromatic N) is 3. The van der Waals surface area contributed by atoms with Crippen molar-refractivity contribution in [3.8, 4) is 0 Å². The largest absolute Gasteiger partial charge is 0.366 e. The Hall–Kier alpha value is -3.71. The molecule has 0 bridgehead atoms. The van der Waals surface area contributed by atoms with Gasteiger partial charge < -0.3 is 20.4 Å². The topological polar surface area (TPSA) is 60.5 Å². The van der Waals surface area contributed by atoms with E-state index in [1.54, 1.807) is 0 Å². The summed E-state index contributed by atoms with van der Waals surface area (Å²) in [5.41, 5.74) is 7.47. The number of carbonyl (C=O) groups excluding carboxylic acids is 1. The van der Waals surface area contributed by atoms with Crippen molar-refractivity contribution in [2.75, 3.05) is 22.2 Å². The fourth-order valence-electron chi connectivity index (χ4n) is 5.24. The SMILES string of the molecule is CC(=O)Nc1ccc(N2C(=S)N[C@@H](c3ccccn3)[C@H]2c2ccc3c(c2)C(C)=CC(C)(C)N3C)cc1. The molecule has 2 aromatic carbocycles. The summed E-state index contributed by atoms with van der Waals surface area (Å²) in [6, 6.07) is 20.3. The fourth-order valence-corrected chi connectivity index (χ4v) is 5.59. The van der Waals surface area contributed by atoms with Crippen molar-refractivity contribution in [1.29, 1.82) is 0 Å². The van der Waals surface area contributed by atoms with Crippen LogP contribution in [0.1, 0.15) is 56.6 Å². The lowest BCUT2D eigenvalue weighted by molar-refractivity contribution is -0.114.